The second-order valence-electron chi connectivity index (χ2n) is 10.4. The summed E-state index contributed by atoms with van der Waals surface area (Å²) in [5, 5.41) is 7.36. The zero-order valence-electron chi connectivity index (χ0n) is 21.3. The van der Waals surface area contributed by atoms with E-state index in [1.54, 1.807) is 0 Å². The summed E-state index contributed by atoms with van der Waals surface area (Å²) in [4.78, 5) is 0. The third-order valence-electron chi connectivity index (χ3n) is 8.31. The van der Waals surface area contributed by atoms with Crippen molar-refractivity contribution in [2.45, 2.75) is 12.8 Å². The molecule has 0 unspecified atom stereocenters. The fourth-order valence-electron chi connectivity index (χ4n) is 6.69. The molecule has 3 heterocycles. The summed E-state index contributed by atoms with van der Waals surface area (Å²) in [5.41, 5.74) is 9.05. The Bertz CT molecular complexity index is 2320. The molecule has 1 aliphatic carbocycles. The van der Waals surface area contributed by atoms with Gasteiger partial charge in [-0.1, -0.05) is 66.7 Å². The van der Waals surface area contributed by atoms with Crippen LogP contribution in [0.15, 0.2) is 126 Å². The molecule has 0 atom stereocenters. The highest BCUT2D eigenvalue weighted by atomic mass is 16.3. The van der Waals surface area contributed by atoms with Crippen molar-refractivity contribution in [2.75, 3.05) is 0 Å². The summed E-state index contributed by atoms with van der Waals surface area (Å²) in [5.74, 6) is 0. The summed E-state index contributed by atoms with van der Waals surface area (Å²) < 4.78 is 11.4. The molecule has 5 aromatic carbocycles. The van der Waals surface area contributed by atoms with Crippen molar-refractivity contribution >= 4 is 71.2 Å². The van der Waals surface area contributed by atoms with Crippen LogP contribution in [0.1, 0.15) is 12.8 Å². The van der Waals surface area contributed by atoms with Crippen LogP contribution in [0.5, 0.6) is 0 Å². The number of para-hydroxylation sites is 3. The zero-order valence-corrected chi connectivity index (χ0v) is 21.3. The largest absolute Gasteiger partial charge is 0.456 e. The predicted molar refractivity (Wildman–Crippen MR) is 164 cm³/mol. The first kappa shape index (κ1) is 21.0. The van der Waals surface area contributed by atoms with E-state index in [-0.39, 0.29) is 0 Å². The van der Waals surface area contributed by atoms with Gasteiger partial charge in [0.1, 0.15) is 11.2 Å². The lowest BCUT2D eigenvalue weighted by Gasteiger charge is -2.11. The lowest BCUT2D eigenvalue weighted by atomic mass is 10.0. The van der Waals surface area contributed by atoms with Gasteiger partial charge in [0.25, 0.3) is 0 Å². The van der Waals surface area contributed by atoms with Crippen LogP contribution in [-0.2, 0) is 0 Å². The monoisotopic (exact) mass is 500 g/mol. The Balaban J connectivity index is 1.45. The van der Waals surface area contributed by atoms with Crippen LogP contribution >= 0.6 is 0 Å². The average molecular weight is 501 g/mol. The summed E-state index contributed by atoms with van der Waals surface area (Å²) in [6.45, 7) is 0. The molecule has 0 aliphatic heterocycles. The molecule has 1 aliphatic rings. The molecule has 0 saturated heterocycles. The molecule has 0 bridgehead atoms. The number of fused-ring (bicyclic) bond motifs is 10. The molecule has 0 N–H and O–H groups in total. The van der Waals surface area contributed by atoms with Crippen LogP contribution in [0.4, 0.5) is 0 Å². The fourth-order valence-corrected chi connectivity index (χ4v) is 6.69. The van der Waals surface area contributed by atoms with Gasteiger partial charge in [-0.05, 0) is 61.4 Å². The van der Waals surface area contributed by atoms with E-state index in [2.05, 4.69) is 130 Å². The van der Waals surface area contributed by atoms with E-state index in [4.69, 9.17) is 4.42 Å². The Morgan fingerprint density at radius 3 is 2.10 bits per heavy atom. The highest BCUT2D eigenvalue weighted by Gasteiger charge is 2.21. The summed E-state index contributed by atoms with van der Waals surface area (Å²) in [6, 6.07) is 37.0. The zero-order chi connectivity index (χ0) is 25.5. The molecule has 8 aromatic rings. The number of allylic oxidation sites excluding steroid dienone is 4. The lowest BCUT2D eigenvalue weighted by Crippen LogP contribution is -1.96. The van der Waals surface area contributed by atoms with Crippen LogP contribution < -0.4 is 0 Å². The van der Waals surface area contributed by atoms with Gasteiger partial charge in [-0.2, -0.15) is 0 Å². The maximum atomic E-state index is 6.61. The van der Waals surface area contributed by atoms with Crippen molar-refractivity contribution in [2.24, 2.45) is 0 Å². The Labute approximate surface area is 224 Å². The van der Waals surface area contributed by atoms with Crippen LogP contribution in [0, 0.1) is 0 Å². The van der Waals surface area contributed by atoms with E-state index in [1.165, 1.54) is 49.2 Å². The van der Waals surface area contributed by atoms with Gasteiger partial charge in [0.15, 0.2) is 0 Å². The predicted octanol–water partition coefficient (Wildman–Crippen LogP) is 9.98. The van der Waals surface area contributed by atoms with E-state index < -0.39 is 0 Å². The van der Waals surface area contributed by atoms with Crippen molar-refractivity contribution in [3.8, 4) is 5.69 Å². The lowest BCUT2D eigenvalue weighted by molar-refractivity contribution is 0.669. The van der Waals surface area contributed by atoms with Gasteiger partial charge < -0.3 is 13.6 Å². The summed E-state index contributed by atoms with van der Waals surface area (Å²) in [7, 11) is 0. The molecule has 0 amide bonds. The second-order valence-corrected chi connectivity index (χ2v) is 10.4. The smallest absolute Gasteiger partial charge is 0.137 e. The van der Waals surface area contributed by atoms with E-state index >= 15 is 0 Å². The van der Waals surface area contributed by atoms with Crippen LogP contribution in [0.3, 0.4) is 0 Å². The van der Waals surface area contributed by atoms with E-state index in [0.29, 0.717) is 0 Å². The van der Waals surface area contributed by atoms with Crippen LogP contribution in [0.2, 0.25) is 0 Å². The number of hydrogen-bond acceptors (Lipinski definition) is 1. The van der Waals surface area contributed by atoms with Crippen LogP contribution in [-0.4, -0.2) is 9.13 Å². The van der Waals surface area contributed by atoms with Gasteiger partial charge in [-0.25, -0.2) is 0 Å². The number of hydrogen-bond donors (Lipinski definition) is 0. The molecule has 184 valence electrons. The van der Waals surface area contributed by atoms with Gasteiger partial charge in [0, 0.05) is 49.8 Å². The minimum Gasteiger partial charge on any atom is -0.456 e. The molecule has 0 saturated carbocycles. The molecule has 0 fully saturated rings. The summed E-state index contributed by atoms with van der Waals surface area (Å²) >= 11 is 0. The number of nitrogens with zero attached hydrogens (tertiary/aromatic N) is 2. The van der Waals surface area contributed by atoms with Crippen molar-refractivity contribution in [3.63, 3.8) is 0 Å². The Morgan fingerprint density at radius 1 is 0.513 bits per heavy atom. The topological polar surface area (TPSA) is 23.0 Å². The van der Waals surface area contributed by atoms with Crippen molar-refractivity contribution in [1.29, 1.82) is 0 Å². The third-order valence-corrected chi connectivity index (χ3v) is 8.31. The maximum absolute atomic E-state index is 6.61. The number of aromatic nitrogens is 2. The molecule has 0 radical (unpaired) electrons. The van der Waals surface area contributed by atoms with Gasteiger partial charge in [0.05, 0.1) is 22.1 Å². The first-order valence-electron chi connectivity index (χ1n) is 13.6. The van der Waals surface area contributed by atoms with Crippen molar-refractivity contribution in [3.05, 3.63) is 121 Å². The Kier molecular flexibility index (Phi) is 4.17. The first-order valence-corrected chi connectivity index (χ1v) is 13.6. The van der Waals surface area contributed by atoms with Crippen LogP contribution in [0.25, 0.3) is 76.9 Å². The highest BCUT2D eigenvalue weighted by molar-refractivity contribution is 6.29. The number of benzene rings is 5. The first-order chi connectivity index (χ1) is 19.4. The fraction of sp³-hybridized carbons (Fsp3) is 0.0556. The Hall–Kier alpha value is -5.02. The minimum atomic E-state index is 0.915. The molecule has 3 heteroatoms. The molecular formula is C36H24N2O. The summed E-state index contributed by atoms with van der Waals surface area (Å²) in [6.07, 6.45) is 9.06. The van der Waals surface area contributed by atoms with Gasteiger partial charge >= 0.3 is 0 Å². The molecule has 0 spiro atoms. The van der Waals surface area contributed by atoms with Crippen molar-refractivity contribution in [1.82, 2.24) is 9.13 Å². The Morgan fingerprint density at radius 2 is 1.28 bits per heavy atom. The third kappa shape index (κ3) is 2.82. The quantitative estimate of drug-likeness (QED) is 0.232. The van der Waals surface area contributed by atoms with E-state index in [1.807, 2.05) is 0 Å². The standard InChI is InChI=1S/C36H24N2O/c1-3-11-23(12-4-1)37-30-18-10-8-16-26(30)35-31(37)19-20-33-36(35)28-21-27-25-15-7-9-17-29(25)38(24-13-5-2-6-14-24)32(27)22-34(28)39-33/h2-3,5-22H,1,4H2. The molecule has 39 heavy (non-hydrogen) atoms. The number of rotatable bonds is 2. The van der Waals surface area contributed by atoms with E-state index in [0.717, 1.165) is 40.6 Å². The van der Waals surface area contributed by atoms with Gasteiger partial charge in [0.2, 0.25) is 0 Å². The van der Waals surface area contributed by atoms with Gasteiger partial charge in [-0.3, -0.25) is 0 Å². The second kappa shape index (κ2) is 7.75. The maximum Gasteiger partial charge on any atom is 0.137 e. The molecule has 9 rings (SSSR count). The number of furan rings is 1. The van der Waals surface area contributed by atoms with E-state index in [9.17, 15) is 0 Å². The SMILES string of the molecule is C1=CC(n2c3ccccc3c3c4c(ccc32)oc2cc3c(cc24)c2ccccc2n3-c2ccccc2)=CCC1. The van der Waals surface area contributed by atoms with Gasteiger partial charge in [-0.15, -0.1) is 0 Å². The molecule has 3 aromatic heterocycles. The minimum absolute atomic E-state index is 0.915. The highest BCUT2D eigenvalue weighted by Crippen LogP contribution is 2.44. The molecular weight excluding hydrogens is 476 g/mol. The molecule has 3 nitrogen and oxygen atoms in total. The normalized spacial score (nSPS) is 14.0. The van der Waals surface area contributed by atoms with Crippen molar-refractivity contribution < 1.29 is 4.42 Å². The average Bonchev–Trinajstić information content (AvgIpc) is 3.64.